The number of nitrogens with one attached hydrogen (secondary N) is 1. The Morgan fingerprint density at radius 2 is 2.05 bits per heavy atom. The number of aromatic nitrogens is 1. The lowest BCUT2D eigenvalue weighted by Gasteiger charge is -2.11. The van der Waals surface area contributed by atoms with Gasteiger partial charge in [0.05, 0.1) is 0 Å². The highest BCUT2D eigenvalue weighted by Crippen LogP contribution is 2.26. The Morgan fingerprint density at radius 1 is 1.21 bits per heavy atom. The van der Waals surface area contributed by atoms with Gasteiger partial charge >= 0.3 is 0 Å². The van der Waals surface area contributed by atoms with Crippen LogP contribution in [-0.2, 0) is 0 Å². The van der Waals surface area contributed by atoms with Crippen LogP contribution in [0, 0.1) is 5.82 Å². The van der Waals surface area contributed by atoms with Crippen LogP contribution in [-0.4, -0.2) is 11.5 Å². The molecule has 0 unspecified atom stereocenters. The molecule has 19 heavy (non-hydrogen) atoms. The molecule has 1 fully saturated rings. The fraction of sp³-hybridized carbons (Fsp3) is 0.267. The summed E-state index contributed by atoms with van der Waals surface area (Å²) in [5, 5.41) is 3.44. The van der Waals surface area contributed by atoms with Gasteiger partial charge in [-0.2, -0.15) is 0 Å². The maximum absolute atomic E-state index is 12.8. The van der Waals surface area contributed by atoms with Crippen LogP contribution in [0.2, 0.25) is 0 Å². The van der Waals surface area contributed by atoms with Crippen LogP contribution >= 0.6 is 0 Å². The van der Waals surface area contributed by atoms with E-state index in [0.29, 0.717) is 17.7 Å². The molecule has 0 spiro atoms. The first-order chi connectivity index (χ1) is 9.31. The van der Waals surface area contributed by atoms with Crippen molar-refractivity contribution in [1.29, 1.82) is 0 Å². The van der Waals surface area contributed by atoms with Gasteiger partial charge in [-0.3, -0.25) is 0 Å². The quantitative estimate of drug-likeness (QED) is 0.915. The minimum Gasteiger partial charge on any atom is -0.439 e. The average Bonchev–Trinajstić information content (AvgIpc) is 2.96. The molecule has 1 N–H and O–H groups in total. The van der Waals surface area contributed by atoms with E-state index < -0.39 is 0 Å². The lowest BCUT2D eigenvalue weighted by atomic mass is 10.1. The van der Waals surface area contributed by atoms with Gasteiger partial charge in [-0.1, -0.05) is 0 Å². The van der Waals surface area contributed by atoms with Crippen molar-refractivity contribution in [2.75, 3.05) is 6.54 Å². The molecule has 0 amide bonds. The Labute approximate surface area is 111 Å². The van der Waals surface area contributed by atoms with E-state index in [1.54, 1.807) is 18.3 Å². The Kier molecular flexibility index (Phi) is 3.42. The van der Waals surface area contributed by atoms with Gasteiger partial charge in [0.25, 0.3) is 0 Å². The standard InChI is InChI=1S/C15H15FN2O/c16-12-3-5-13(6-4-12)19-15-10-11(7-9-18-15)14-2-1-8-17-14/h3-7,9-10,14,17H,1-2,8H2/t14-/m0/s1. The highest BCUT2D eigenvalue weighted by atomic mass is 19.1. The number of rotatable bonds is 3. The summed E-state index contributed by atoms with van der Waals surface area (Å²) in [6.07, 6.45) is 4.08. The Balaban J connectivity index is 1.77. The first-order valence-corrected chi connectivity index (χ1v) is 6.44. The maximum Gasteiger partial charge on any atom is 0.219 e. The number of hydrogen-bond donors (Lipinski definition) is 1. The first-order valence-electron chi connectivity index (χ1n) is 6.44. The number of ether oxygens (including phenoxy) is 1. The molecule has 3 rings (SSSR count). The summed E-state index contributed by atoms with van der Waals surface area (Å²) in [5.74, 6) is 0.854. The minimum atomic E-state index is -0.274. The normalized spacial score (nSPS) is 18.5. The van der Waals surface area contributed by atoms with Crippen LogP contribution < -0.4 is 10.1 Å². The van der Waals surface area contributed by atoms with Crippen molar-refractivity contribution in [3.63, 3.8) is 0 Å². The third-order valence-electron chi connectivity index (χ3n) is 3.26. The molecule has 2 heterocycles. The van der Waals surface area contributed by atoms with Crippen molar-refractivity contribution in [2.24, 2.45) is 0 Å². The molecule has 0 radical (unpaired) electrons. The van der Waals surface area contributed by atoms with E-state index in [-0.39, 0.29) is 5.82 Å². The van der Waals surface area contributed by atoms with Gasteiger partial charge in [0.15, 0.2) is 0 Å². The van der Waals surface area contributed by atoms with Crippen LogP contribution in [0.25, 0.3) is 0 Å². The summed E-state index contributed by atoms with van der Waals surface area (Å²) >= 11 is 0. The zero-order valence-electron chi connectivity index (χ0n) is 10.5. The molecule has 4 heteroatoms. The molecule has 1 saturated heterocycles. The third kappa shape index (κ3) is 2.90. The number of pyridine rings is 1. The third-order valence-corrected chi connectivity index (χ3v) is 3.26. The van der Waals surface area contributed by atoms with Gasteiger partial charge in [-0.15, -0.1) is 0 Å². The summed E-state index contributed by atoms with van der Waals surface area (Å²) in [6, 6.07) is 10.3. The SMILES string of the molecule is Fc1ccc(Oc2cc([C@@H]3CCCN3)ccn2)cc1. The van der Waals surface area contributed by atoms with Gasteiger partial charge in [-0.05, 0) is 55.3 Å². The largest absolute Gasteiger partial charge is 0.439 e. The van der Waals surface area contributed by atoms with E-state index in [4.69, 9.17) is 4.74 Å². The van der Waals surface area contributed by atoms with Crippen molar-refractivity contribution in [3.05, 3.63) is 54.0 Å². The topological polar surface area (TPSA) is 34.1 Å². The Hall–Kier alpha value is -1.94. The summed E-state index contributed by atoms with van der Waals surface area (Å²) in [6.45, 7) is 1.06. The Morgan fingerprint density at radius 3 is 2.79 bits per heavy atom. The molecule has 0 bridgehead atoms. The molecule has 1 aliphatic heterocycles. The van der Waals surface area contributed by atoms with E-state index in [1.165, 1.54) is 24.1 Å². The van der Waals surface area contributed by atoms with E-state index >= 15 is 0 Å². The van der Waals surface area contributed by atoms with Crippen LogP contribution in [0.1, 0.15) is 24.4 Å². The molecule has 1 atom stereocenters. The van der Waals surface area contributed by atoms with Gasteiger partial charge in [0.2, 0.25) is 5.88 Å². The number of hydrogen-bond acceptors (Lipinski definition) is 3. The zero-order valence-corrected chi connectivity index (χ0v) is 10.5. The first kappa shape index (κ1) is 12.1. The molecule has 3 nitrogen and oxygen atoms in total. The molecule has 1 aromatic carbocycles. The molecule has 1 aliphatic rings. The van der Waals surface area contributed by atoms with Crippen molar-refractivity contribution >= 4 is 0 Å². The summed E-state index contributed by atoms with van der Waals surface area (Å²) in [4.78, 5) is 4.18. The lowest BCUT2D eigenvalue weighted by Crippen LogP contribution is -2.12. The van der Waals surface area contributed by atoms with E-state index in [1.807, 2.05) is 12.1 Å². The molecule has 1 aromatic heterocycles. The Bertz CT molecular complexity index is 550. The second-order valence-corrected chi connectivity index (χ2v) is 4.63. The lowest BCUT2D eigenvalue weighted by molar-refractivity contribution is 0.459. The van der Waals surface area contributed by atoms with Crippen molar-refractivity contribution in [3.8, 4) is 11.6 Å². The predicted octanol–water partition coefficient (Wildman–Crippen LogP) is 3.44. The molecular formula is C15H15FN2O. The molecular weight excluding hydrogens is 243 g/mol. The maximum atomic E-state index is 12.8. The highest BCUT2D eigenvalue weighted by Gasteiger charge is 2.16. The smallest absolute Gasteiger partial charge is 0.219 e. The van der Waals surface area contributed by atoms with Gasteiger partial charge in [0, 0.05) is 18.3 Å². The second-order valence-electron chi connectivity index (χ2n) is 4.63. The highest BCUT2D eigenvalue weighted by molar-refractivity contribution is 5.30. The zero-order chi connectivity index (χ0) is 13.1. The van der Waals surface area contributed by atoms with Crippen molar-refractivity contribution < 1.29 is 9.13 Å². The van der Waals surface area contributed by atoms with Crippen LogP contribution in [0.5, 0.6) is 11.6 Å². The van der Waals surface area contributed by atoms with Crippen molar-refractivity contribution in [2.45, 2.75) is 18.9 Å². The van der Waals surface area contributed by atoms with Gasteiger partial charge in [-0.25, -0.2) is 9.37 Å². The second kappa shape index (κ2) is 5.36. The van der Waals surface area contributed by atoms with Gasteiger partial charge < -0.3 is 10.1 Å². The minimum absolute atomic E-state index is 0.274. The number of halogens is 1. The molecule has 0 aliphatic carbocycles. The number of benzene rings is 1. The molecule has 98 valence electrons. The fourth-order valence-corrected chi connectivity index (χ4v) is 2.29. The predicted molar refractivity (Wildman–Crippen MR) is 70.7 cm³/mol. The van der Waals surface area contributed by atoms with E-state index in [2.05, 4.69) is 10.3 Å². The van der Waals surface area contributed by atoms with Crippen molar-refractivity contribution in [1.82, 2.24) is 10.3 Å². The summed E-state index contributed by atoms with van der Waals surface area (Å²) in [5.41, 5.74) is 1.18. The van der Waals surface area contributed by atoms with Crippen LogP contribution in [0.15, 0.2) is 42.6 Å². The van der Waals surface area contributed by atoms with Gasteiger partial charge in [0.1, 0.15) is 11.6 Å². The van der Waals surface area contributed by atoms with E-state index in [0.717, 1.165) is 13.0 Å². The molecule has 2 aromatic rings. The average molecular weight is 258 g/mol. The van der Waals surface area contributed by atoms with Crippen LogP contribution in [0.4, 0.5) is 4.39 Å². The number of nitrogens with zero attached hydrogens (tertiary/aromatic N) is 1. The van der Waals surface area contributed by atoms with E-state index in [9.17, 15) is 4.39 Å². The summed E-state index contributed by atoms with van der Waals surface area (Å²) < 4.78 is 18.4. The summed E-state index contributed by atoms with van der Waals surface area (Å²) in [7, 11) is 0. The van der Waals surface area contributed by atoms with Crippen LogP contribution in [0.3, 0.4) is 0 Å². The monoisotopic (exact) mass is 258 g/mol. The molecule has 0 saturated carbocycles. The fourth-order valence-electron chi connectivity index (χ4n) is 2.29.